The van der Waals surface area contributed by atoms with Crippen molar-refractivity contribution >= 4 is 5.82 Å². The van der Waals surface area contributed by atoms with Crippen LogP contribution in [-0.4, -0.2) is 16.0 Å². The zero-order valence-electron chi connectivity index (χ0n) is 10.9. The van der Waals surface area contributed by atoms with Gasteiger partial charge in [0.25, 0.3) is 0 Å². The smallest absolute Gasteiger partial charge is 0.186 e. The van der Waals surface area contributed by atoms with Gasteiger partial charge in [-0.05, 0) is 30.4 Å². The molecule has 2 aromatic rings. The molecule has 0 saturated heterocycles. The van der Waals surface area contributed by atoms with Crippen molar-refractivity contribution in [3.63, 3.8) is 0 Å². The van der Waals surface area contributed by atoms with Crippen LogP contribution in [-0.2, 0) is 19.3 Å². The van der Waals surface area contributed by atoms with Crippen LogP contribution in [0.1, 0.15) is 23.7 Å². The number of aryl methyl sites for hydroxylation is 1. The molecule has 1 aliphatic rings. The standard InChI is InChI=1S/C15H16FN3/c1-2-13-14(16)15(18-9-17-13)19-12-7-10-5-3-4-6-11(10)8-12/h3-6,9,12H,2,7-8H2,1H3,(H,17,18,19). The number of hydrogen-bond acceptors (Lipinski definition) is 3. The van der Waals surface area contributed by atoms with Gasteiger partial charge in [0, 0.05) is 6.04 Å². The Kier molecular flexibility index (Phi) is 3.15. The van der Waals surface area contributed by atoms with Crippen LogP contribution in [0.2, 0.25) is 0 Å². The zero-order chi connectivity index (χ0) is 13.2. The molecule has 1 aromatic carbocycles. The van der Waals surface area contributed by atoms with E-state index >= 15 is 0 Å². The van der Waals surface area contributed by atoms with Crippen LogP contribution in [0.15, 0.2) is 30.6 Å². The molecule has 0 unspecified atom stereocenters. The fraction of sp³-hybridized carbons (Fsp3) is 0.333. The maximum Gasteiger partial charge on any atom is 0.186 e. The molecule has 0 saturated carbocycles. The summed E-state index contributed by atoms with van der Waals surface area (Å²) in [7, 11) is 0. The van der Waals surface area contributed by atoms with Crippen LogP contribution in [0.5, 0.6) is 0 Å². The van der Waals surface area contributed by atoms with Gasteiger partial charge < -0.3 is 5.32 Å². The Bertz CT molecular complexity index is 573. The van der Waals surface area contributed by atoms with Crippen LogP contribution in [0.3, 0.4) is 0 Å². The number of anilines is 1. The van der Waals surface area contributed by atoms with Crippen molar-refractivity contribution in [2.45, 2.75) is 32.2 Å². The third kappa shape index (κ3) is 2.30. The second-order valence-electron chi connectivity index (χ2n) is 4.85. The lowest BCUT2D eigenvalue weighted by Gasteiger charge is -2.14. The summed E-state index contributed by atoms with van der Waals surface area (Å²) in [5, 5.41) is 3.20. The van der Waals surface area contributed by atoms with Crippen LogP contribution < -0.4 is 5.32 Å². The topological polar surface area (TPSA) is 37.8 Å². The van der Waals surface area contributed by atoms with Gasteiger partial charge in [-0.3, -0.25) is 0 Å². The number of hydrogen-bond donors (Lipinski definition) is 1. The van der Waals surface area contributed by atoms with E-state index < -0.39 is 0 Å². The lowest BCUT2D eigenvalue weighted by Crippen LogP contribution is -2.21. The van der Waals surface area contributed by atoms with Gasteiger partial charge in [0.2, 0.25) is 0 Å². The second-order valence-corrected chi connectivity index (χ2v) is 4.85. The maximum atomic E-state index is 14.1. The Balaban J connectivity index is 1.78. The first-order chi connectivity index (χ1) is 9.28. The quantitative estimate of drug-likeness (QED) is 0.918. The van der Waals surface area contributed by atoms with Crippen molar-refractivity contribution in [2.75, 3.05) is 5.32 Å². The summed E-state index contributed by atoms with van der Waals surface area (Å²) < 4.78 is 14.1. The summed E-state index contributed by atoms with van der Waals surface area (Å²) in [4.78, 5) is 7.96. The number of aromatic nitrogens is 2. The van der Waals surface area contributed by atoms with Crippen LogP contribution in [0.4, 0.5) is 10.2 Å². The van der Waals surface area contributed by atoms with Gasteiger partial charge in [-0.1, -0.05) is 31.2 Å². The Morgan fingerprint density at radius 2 is 1.89 bits per heavy atom. The van der Waals surface area contributed by atoms with Crippen molar-refractivity contribution in [3.05, 3.63) is 53.2 Å². The Hall–Kier alpha value is -1.97. The van der Waals surface area contributed by atoms with Crippen LogP contribution in [0, 0.1) is 5.82 Å². The highest BCUT2D eigenvalue weighted by atomic mass is 19.1. The van der Waals surface area contributed by atoms with Gasteiger partial charge in [0.1, 0.15) is 6.33 Å². The summed E-state index contributed by atoms with van der Waals surface area (Å²) in [5.41, 5.74) is 3.14. The minimum absolute atomic E-state index is 0.214. The molecule has 19 heavy (non-hydrogen) atoms. The van der Waals surface area contributed by atoms with Gasteiger partial charge >= 0.3 is 0 Å². The Labute approximate surface area is 111 Å². The maximum absolute atomic E-state index is 14.1. The molecule has 0 bridgehead atoms. The minimum Gasteiger partial charge on any atom is -0.364 e. The minimum atomic E-state index is -0.319. The molecule has 1 N–H and O–H groups in total. The SMILES string of the molecule is CCc1ncnc(NC2Cc3ccccc3C2)c1F. The molecule has 1 heterocycles. The summed E-state index contributed by atoms with van der Waals surface area (Å²) in [5.74, 6) is 0.00520. The molecule has 0 radical (unpaired) electrons. The molecule has 0 spiro atoms. The lowest BCUT2D eigenvalue weighted by molar-refractivity contribution is 0.592. The van der Waals surface area contributed by atoms with Crippen molar-refractivity contribution in [1.29, 1.82) is 0 Å². The van der Waals surface area contributed by atoms with Gasteiger partial charge in [-0.2, -0.15) is 0 Å². The monoisotopic (exact) mass is 257 g/mol. The van der Waals surface area contributed by atoms with E-state index in [0.717, 1.165) is 12.8 Å². The van der Waals surface area contributed by atoms with Crippen molar-refractivity contribution in [1.82, 2.24) is 9.97 Å². The fourth-order valence-corrected chi connectivity index (χ4v) is 2.61. The summed E-state index contributed by atoms with van der Waals surface area (Å²) in [6, 6.07) is 8.56. The van der Waals surface area contributed by atoms with Crippen molar-refractivity contribution in [3.8, 4) is 0 Å². The van der Waals surface area contributed by atoms with E-state index in [2.05, 4.69) is 27.4 Å². The fourth-order valence-electron chi connectivity index (χ4n) is 2.61. The highest BCUT2D eigenvalue weighted by Crippen LogP contribution is 2.25. The molecular weight excluding hydrogens is 241 g/mol. The lowest BCUT2D eigenvalue weighted by atomic mass is 10.1. The van der Waals surface area contributed by atoms with Crippen LogP contribution >= 0.6 is 0 Å². The molecular formula is C15H16FN3. The van der Waals surface area contributed by atoms with Gasteiger partial charge in [-0.25, -0.2) is 14.4 Å². The number of nitrogens with zero attached hydrogens (tertiary/aromatic N) is 2. The third-order valence-corrected chi connectivity index (χ3v) is 3.59. The number of nitrogens with one attached hydrogen (secondary N) is 1. The van der Waals surface area contributed by atoms with E-state index in [4.69, 9.17) is 0 Å². The first kappa shape index (κ1) is 12.1. The molecule has 0 fully saturated rings. The van der Waals surface area contributed by atoms with E-state index in [1.165, 1.54) is 17.5 Å². The first-order valence-corrected chi connectivity index (χ1v) is 6.60. The van der Waals surface area contributed by atoms with Crippen LogP contribution in [0.25, 0.3) is 0 Å². The van der Waals surface area contributed by atoms with E-state index in [1.807, 2.05) is 19.1 Å². The average molecular weight is 257 g/mol. The molecule has 98 valence electrons. The van der Waals surface area contributed by atoms with Gasteiger partial charge in [0.15, 0.2) is 11.6 Å². The number of benzene rings is 1. The second kappa shape index (κ2) is 4.96. The summed E-state index contributed by atoms with van der Waals surface area (Å²) in [6.07, 6.45) is 3.84. The van der Waals surface area contributed by atoms with Crippen molar-refractivity contribution < 1.29 is 4.39 Å². The average Bonchev–Trinajstić information content (AvgIpc) is 2.83. The van der Waals surface area contributed by atoms with E-state index in [-0.39, 0.29) is 11.9 Å². The predicted molar refractivity (Wildman–Crippen MR) is 72.6 cm³/mol. The van der Waals surface area contributed by atoms with E-state index in [0.29, 0.717) is 17.9 Å². The van der Waals surface area contributed by atoms with Crippen molar-refractivity contribution in [2.24, 2.45) is 0 Å². The molecule has 1 aromatic heterocycles. The molecule has 3 nitrogen and oxygen atoms in total. The first-order valence-electron chi connectivity index (χ1n) is 6.60. The highest BCUT2D eigenvalue weighted by molar-refractivity contribution is 5.42. The number of halogens is 1. The summed E-state index contributed by atoms with van der Waals surface area (Å²) >= 11 is 0. The van der Waals surface area contributed by atoms with Gasteiger partial charge in [0.05, 0.1) is 5.69 Å². The summed E-state index contributed by atoms with van der Waals surface area (Å²) in [6.45, 7) is 1.89. The molecule has 0 aliphatic heterocycles. The zero-order valence-corrected chi connectivity index (χ0v) is 10.9. The predicted octanol–water partition coefficient (Wildman–Crippen LogP) is 2.76. The Morgan fingerprint density at radius 3 is 2.53 bits per heavy atom. The molecule has 1 aliphatic carbocycles. The number of rotatable bonds is 3. The molecule has 4 heteroatoms. The number of fused-ring (bicyclic) bond motifs is 1. The molecule has 3 rings (SSSR count). The largest absolute Gasteiger partial charge is 0.364 e. The van der Waals surface area contributed by atoms with E-state index in [1.54, 1.807) is 0 Å². The molecule has 0 amide bonds. The molecule has 0 atom stereocenters. The normalized spacial score (nSPS) is 14.4. The third-order valence-electron chi connectivity index (χ3n) is 3.59. The highest BCUT2D eigenvalue weighted by Gasteiger charge is 2.22. The van der Waals surface area contributed by atoms with Gasteiger partial charge in [-0.15, -0.1) is 0 Å². The Morgan fingerprint density at radius 1 is 1.21 bits per heavy atom. The van der Waals surface area contributed by atoms with E-state index in [9.17, 15) is 4.39 Å².